The Hall–Kier alpha value is -4.47. The van der Waals surface area contributed by atoms with E-state index in [1.807, 2.05) is 6.08 Å². The molecule has 0 saturated carbocycles. The number of carbonyl (C=O) groups excluding carboxylic acids is 2. The molecule has 1 N–H and O–H groups in total. The van der Waals surface area contributed by atoms with Gasteiger partial charge in [-0.15, -0.1) is 0 Å². The van der Waals surface area contributed by atoms with Gasteiger partial charge >= 0.3 is 11.9 Å². The molecular weight excluding hydrogens is 514 g/mol. The average molecular weight is 548 g/mol. The second kappa shape index (κ2) is 15.2. The minimum absolute atomic E-state index is 0.104. The van der Waals surface area contributed by atoms with Gasteiger partial charge in [-0.25, -0.2) is 9.59 Å². The van der Waals surface area contributed by atoms with Crippen LogP contribution >= 0.6 is 0 Å². The molecule has 0 fully saturated rings. The van der Waals surface area contributed by atoms with Crippen molar-refractivity contribution in [3.8, 4) is 11.5 Å². The van der Waals surface area contributed by atoms with Crippen molar-refractivity contribution in [1.29, 1.82) is 0 Å². The van der Waals surface area contributed by atoms with Crippen LogP contribution in [-0.2, 0) is 14.2 Å². The fourth-order valence-corrected chi connectivity index (χ4v) is 3.96. The second-order valence-corrected chi connectivity index (χ2v) is 8.57. The second-order valence-electron chi connectivity index (χ2n) is 8.57. The minimum Gasteiger partial charge on any atom is -0.496 e. The SMILES string of the molecule is C=C(COC)/C(=C/C[C@@H](OC(=O)c1ccncc1)c1ccc(OCCO)cc1)c1cc(C(=O)OC)ccc1OC. The van der Waals surface area contributed by atoms with Crippen molar-refractivity contribution in [2.75, 3.05) is 41.2 Å². The number of carbonyl (C=O) groups is 2. The van der Waals surface area contributed by atoms with E-state index in [1.54, 1.807) is 61.7 Å². The van der Waals surface area contributed by atoms with Crippen molar-refractivity contribution in [1.82, 2.24) is 4.98 Å². The van der Waals surface area contributed by atoms with E-state index in [0.29, 0.717) is 39.3 Å². The lowest BCUT2D eigenvalue weighted by Crippen LogP contribution is -2.12. The Bertz CT molecular complexity index is 1320. The number of ether oxygens (including phenoxy) is 5. The Balaban J connectivity index is 2.03. The Morgan fingerprint density at radius 3 is 2.33 bits per heavy atom. The average Bonchev–Trinajstić information content (AvgIpc) is 2.99. The molecule has 3 rings (SSSR count). The van der Waals surface area contributed by atoms with Crippen molar-refractivity contribution < 1.29 is 38.4 Å². The van der Waals surface area contributed by atoms with Gasteiger partial charge in [0.15, 0.2) is 0 Å². The summed E-state index contributed by atoms with van der Waals surface area (Å²) in [6.07, 6.45) is 4.49. The highest BCUT2D eigenvalue weighted by Crippen LogP contribution is 2.34. The molecule has 0 unspecified atom stereocenters. The first-order valence-corrected chi connectivity index (χ1v) is 12.5. The first-order valence-electron chi connectivity index (χ1n) is 12.5. The summed E-state index contributed by atoms with van der Waals surface area (Å²) in [7, 11) is 4.41. The number of hydrogen-bond acceptors (Lipinski definition) is 9. The number of aliphatic hydroxyl groups is 1. The number of rotatable bonds is 14. The van der Waals surface area contributed by atoms with E-state index >= 15 is 0 Å². The van der Waals surface area contributed by atoms with Crippen LogP contribution in [0.2, 0.25) is 0 Å². The van der Waals surface area contributed by atoms with Gasteiger partial charge in [0.25, 0.3) is 0 Å². The topological polar surface area (TPSA) is 113 Å². The van der Waals surface area contributed by atoms with Crippen LogP contribution in [0.15, 0.2) is 85.2 Å². The van der Waals surface area contributed by atoms with Gasteiger partial charge in [0.1, 0.15) is 24.2 Å². The number of benzene rings is 2. The lowest BCUT2D eigenvalue weighted by molar-refractivity contribution is 0.0303. The van der Waals surface area contributed by atoms with E-state index in [4.69, 9.17) is 28.8 Å². The molecule has 9 nitrogen and oxygen atoms in total. The summed E-state index contributed by atoms with van der Waals surface area (Å²) in [5.41, 5.74) is 3.34. The zero-order valence-electron chi connectivity index (χ0n) is 22.8. The van der Waals surface area contributed by atoms with Gasteiger partial charge in [0.05, 0.1) is 38.6 Å². The predicted molar refractivity (Wildman–Crippen MR) is 149 cm³/mol. The molecule has 0 amide bonds. The van der Waals surface area contributed by atoms with Crippen LogP contribution in [0, 0.1) is 0 Å². The summed E-state index contributed by atoms with van der Waals surface area (Å²) < 4.78 is 27.2. The summed E-state index contributed by atoms with van der Waals surface area (Å²) in [5.74, 6) is 0.0927. The highest BCUT2D eigenvalue weighted by Gasteiger charge is 2.21. The number of nitrogens with zero attached hydrogens (tertiary/aromatic N) is 1. The van der Waals surface area contributed by atoms with E-state index in [1.165, 1.54) is 26.6 Å². The molecule has 0 radical (unpaired) electrons. The Morgan fingerprint density at radius 2 is 1.70 bits per heavy atom. The normalized spacial score (nSPS) is 11.8. The van der Waals surface area contributed by atoms with Crippen molar-refractivity contribution in [3.63, 3.8) is 0 Å². The Labute approximate surface area is 233 Å². The number of aliphatic hydroxyl groups excluding tert-OH is 1. The fraction of sp³-hybridized carbons (Fsp3) is 0.258. The molecule has 0 aliphatic carbocycles. The van der Waals surface area contributed by atoms with E-state index in [9.17, 15) is 9.59 Å². The maximum atomic E-state index is 13.0. The Morgan fingerprint density at radius 1 is 0.975 bits per heavy atom. The maximum Gasteiger partial charge on any atom is 0.338 e. The minimum atomic E-state index is -0.687. The van der Waals surface area contributed by atoms with Crippen LogP contribution < -0.4 is 9.47 Å². The zero-order chi connectivity index (χ0) is 28.9. The first kappa shape index (κ1) is 30.1. The third-order valence-corrected chi connectivity index (χ3v) is 5.92. The van der Waals surface area contributed by atoms with Gasteiger partial charge in [0, 0.05) is 31.5 Å². The molecule has 0 saturated heterocycles. The van der Waals surface area contributed by atoms with Crippen molar-refractivity contribution in [2.24, 2.45) is 0 Å². The molecule has 0 aliphatic heterocycles. The zero-order valence-corrected chi connectivity index (χ0v) is 22.8. The number of hydrogen-bond donors (Lipinski definition) is 1. The highest BCUT2D eigenvalue weighted by atomic mass is 16.5. The van der Waals surface area contributed by atoms with Gasteiger partial charge in [-0.05, 0) is 59.2 Å². The maximum absolute atomic E-state index is 13.0. The Kier molecular flexibility index (Phi) is 11.4. The lowest BCUT2D eigenvalue weighted by Gasteiger charge is -2.20. The molecular formula is C31H33NO8. The van der Waals surface area contributed by atoms with Gasteiger partial charge < -0.3 is 28.8 Å². The van der Waals surface area contributed by atoms with Crippen LogP contribution in [-0.4, -0.2) is 63.2 Å². The summed E-state index contributed by atoms with van der Waals surface area (Å²) in [5, 5.41) is 9.03. The molecule has 0 bridgehead atoms. The van der Waals surface area contributed by atoms with Gasteiger partial charge in [-0.1, -0.05) is 24.8 Å². The molecule has 210 valence electrons. The van der Waals surface area contributed by atoms with Gasteiger partial charge in [-0.2, -0.15) is 0 Å². The molecule has 1 aromatic heterocycles. The predicted octanol–water partition coefficient (Wildman–Crippen LogP) is 4.82. The quantitative estimate of drug-likeness (QED) is 0.224. The molecule has 9 heteroatoms. The van der Waals surface area contributed by atoms with Crippen molar-refractivity contribution in [3.05, 3.63) is 107 Å². The number of methoxy groups -OCH3 is 3. The van der Waals surface area contributed by atoms with Crippen LogP contribution in [0.3, 0.4) is 0 Å². The van der Waals surface area contributed by atoms with Crippen LogP contribution in [0.25, 0.3) is 5.57 Å². The molecule has 0 aliphatic rings. The monoisotopic (exact) mass is 547 g/mol. The third kappa shape index (κ3) is 8.02. The lowest BCUT2D eigenvalue weighted by atomic mass is 9.94. The van der Waals surface area contributed by atoms with E-state index in [2.05, 4.69) is 11.6 Å². The summed E-state index contributed by atoms with van der Waals surface area (Å²) in [6, 6.07) is 15.2. The van der Waals surface area contributed by atoms with Gasteiger partial charge in [0.2, 0.25) is 0 Å². The van der Waals surface area contributed by atoms with Crippen LogP contribution in [0.1, 0.15) is 44.4 Å². The molecule has 1 atom stereocenters. The summed E-state index contributed by atoms with van der Waals surface area (Å²) in [4.78, 5) is 29.2. The largest absolute Gasteiger partial charge is 0.496 e. The first-order chi connectivity index (χ1) is 19.4. The highest BCUT2D eigenvalue weighted by molar-refractivity contribution is 5.93. The van der Waals surface area contributed by atoms with Crippen LogP contribution in [0.4, 0.5) is 0 Å². The van der Waals surface area contributed by atoms with Crippen molar-refractivity contribution >= 4 is 17.5 Å². The van der Waals surface area contributed by atoms with Crippen molar-refractivity contribution in [2.45, 2.75) is 12.5 Å². The third-order valence-electron chi connectivity index (χ3n) is 5.92. The van der Waals surface area contributed by atoms with Crippen LogP contribution in [0.5, 0.6) is 11.5 Å². The van der Waals surface area contributed by atoms with E-state index < -0.39 is 18.0 Å². The molecule has 2 aromatic carbocycles. The number of esters is 2. The number of pyridine rings is 1. The summed E-state index contributed by atoms with van der Waals surface area (Å²) in [6.45, 7) is 4.45. The fourth-order valence-electron chi connectivity index (χ4n) is 3.96. The standard InChI is InChI=1S/C31H33NO8/c1-21(20-36-2)26(27-19-24(30(34)38-4)7-11-29(27)37-3)10-12-28(40-31(35)23-13-15-32-16-14-23)22-5-8-25(9-6-22)39-18-17-33/h5-11,13-16,19,28,33H,1,12,17-18,20H2,2-4H3/b26-10-/t28-/m1/s1. The van der Waals surface area contributed by atoms with E-state index in [0.717, 1.165) is 5.56 Å². The molecule has 3 aromatic rings. The summed E-state index contributed by atoms with van der Waals surface area (Å²) >= 11 is 0. The molecule has 1 heterocycles. The smallest absolute Gasteiger partial charge is 0.338 e. The van der Waals surface area contributed by atoms with Gasteiger partial charge in [-0.3, -0.25) is 4.98 Å². The number of aromatic nitrogens is 1. The molecule has 40 heavy (non-hydrogen) atoms. The van der Waals surface area contributed by atoms with E-state index in [-0.39, 0.29) is 26.2 Å². The molecule has 0 spiro atoms.